The van der Waals surface area contributed by atoms with Crippen LogP contribution in [-0.4, -0.2) is 64.2 Å². The molecule has 1 fully saturated rings. The Morgan fingerprint density at radius 2 is 1.96 bits per heavy atom. The molecule has 0 bridgehead atoms. The average molecular weight is 406 g/mol. The maximum Gasteiger partial charge on any atom is 0.282 e. The van der Waals surface area contributed by atoms with Crippen LogP contribution in [-0.2, 0) is 17.1 Å². The Hall–Kier alpha value is -2.30. The van der Waals surface area contributed by atoms with Gasteiger partial charge in [-0.3, -0.25) is 4.79 Å². The number of carbonyl (C=O) groups is 1. The number of rotatable bonds is 3. The first-order valence-corrected chi connectivity index (χ1v) is 10.8. The van der Waals surface area contributed by atoms with Gasteiger partial charge in [-0.25, -0.2) is 18.4 Å². The molecule has 8 nitrogen and oxygen atoms in total. The van der Waals surface area contributed by atoms with E-state index in [-0.39, 0.29) is 17.5 Å². The van der Waals surface area contributed by atoms with E-state index < -0.39 is 10.0 Å². The second-order valence-electron chi connectivity index (χ2n) is 6.41. The molecular weight excluding hydrogens is 386 g/mol. The second kappa shape index (κ2) is 7.02. The molecule has 0 radical (unpaired) electrons. The fraction of sp³-hybridized carbons (Fsp3) is 0.353. The van der Waals surface area contributed by atoms with Gasteiger partial charge in [-0.15, -0.1) is 11.3 Å². The Bertz CT molecular complexity index is 1060. The molecule has 4 rings (SSSR count). The molecule has 0 aliphatic carbocycles. The van der Waals surface area contributed by atoms with Crippen molar-refractivity contribution in [3.05, 3.63) is 41.8 Å². The molecule has 0 saturated carbocycles. The van der Waals surface area contributed by atoms with Gasteiger partial charge in [0.2, 0.25) is 0 Å². The number of amides is 1. The average Bonchev–Trinajstić information content (AvgIpc) is 3.20. The lowest BCUT2D eigenvalue weighted by Crippen LogP contribution is -2.37. The summed E-state index contributed by atoms with van der Waals surface area (Å²) in [6.07, 6.45) is 3.53. The zero-order chi connectivity index (χ0) is 19.0. The second-order valence-corrected chi connectivity index (χ2v) is 9.33. The standard InChI is InChI=1S/C17H19N5O3S2/c1-20-11-15(18-12-20)27(24,25)22-8-4-7-21(9-10-22)17(23)16-19-13-5-2-3-6-14(13)26-16/h2-3,5-6,11-12H,4,7-10H2,1H3. The van der Waals surface area contributed by atoms with Crippen LogP contribution in [0.2, 0.25) is 0 Å². The van der Waals surface area contributed by atoms with Crippen LogP contribution in [0.1, 0.15) is 16.2 Å². The van der Waals surface area contributed by atoms with Gasteiger partial charge in [0, 0.05) is 39.4 Å². The van der Waals surface area contributed by atoms with Crippen molar-refractivity contribution in [1.29, 1.82) is 0 Å². The van der Waals surface area contributed by atoms with E-state index in [0.29, 0.717) is 31.1 Å². The lowest BCUT2D eigenvalue weighted by molar-refractivity contribution is 0.0764. The van der Waals surface area contributed by atoms with Gasteiger partial charge in [-0.1, -0.05) is 12.1 Å². The number of nitrogens with zero attached hydrogens (tertiary/aromatic N) is 5. The fourth-order valence-corrected chi connectivity index (χ4v) is 5.46. The normalized spacial score (nSPS) is 16.6. The number of sulfonamides is 1. The van der Waals surface area contributed by atoms with Crippen molar-refractivity contribution >= 4 is 37.5 Å². The summed E-state index contributed by atoms with van der Waals surface area (Å²) in [5, 5.41) is 0.480. The highest BCUT2D eigenvalue weighted by molar-refractivity contribution is 7.89. The summed E-state index contributed by atoms with van der Waals surface area (Å²) in [5.41, 5.74) is 0.806. The highest BCUT2D eigenvalue weighted by Crippen LogP contribution is 2.23. The zero-order valence-corrected chi connectivity index (χ0v) is 16.4. The Labute approximate surface area is 161 Å². The quantitative estimate of drug-likeness (QED) is 0.660. The van der Waals surface area contributed by atoms with Crippen molar-refractivity contribution in [1.82, 2.24) is 23.7 Å². The summed E-state index contributed by atoms with van der Waals surface area (Å²) in [6.45, 7) is 1.45. The van der Waals surface area contributed by atoms with Gasteiger partial charge in [0.15, 0.2) is 10.0 Å². The molecule has 2 aromatic heterocycles. The molecule has 1 aliphatic rings. The van der Waals surface area contributed by atoms with Crippen molar-refractivity contribution < 1.29 is 13.2 Å². The summed E-state index contributed by atoms with van der Waals surface area (Å²) < 4.78 is 29.5. The monoisotopic (exact) mass is 405 g/mol. The van der Waals surface area contributed by atoms with Crippen LogP contribution in [0, 0.1) is 0 Å². The third-order valence-corrected chi connectivity index (χ3v) is 7.31. The fourth-order valence-electron chi connectivity index (χ4n) is 3.09. The SMILES string of the molecule is Cn1cnc(S(=O)(=O)N2CCCN(C(=O)c3nc4ccccc4s3)CC2)c1. The van der Waals surface area contributed by atoms with Crippen LogP contribution in [0.4, 0.5) is 0 Å². The number of benzene rings is 1. The van der Waals surface area contributed by atoms with Gasteiger partial charge in [0.1, 0.15) is 0 Å². The van der Waals surface area contributed by atoms with Crippen molar-refractivity contribution in [3.8, 4) is 0 Å². The summed E-state index contributed by atoms with van der Waals surface area (Å²) in [6, 6.07) is 7.63. The summed E-state index contributed by atoms with van der Waals surface area (Å²) in [7, 11) is -1.92. The van der Waals surface area contributed by atoms with E-state index in [9.17, 15) is 13.2 Å². The number of aromatic nitrogens is 3. The molecule has 0 unspecified atom stereocenters. The number of hydrogen-bond donors (Lipinski definition) is 0. The number of para-hydroxylation sites is 1. The number of thiazole rings is 1. The Balaban J connectivity index is 1.50. The van der Waals surface area contributed by atoms with Crippen LogP contribution in [0.3, 0.4) is 0 Å². The maximum atomic E-state index is 12.8. The molecule has 1 saturated heterocycles. The minimum Gasteiger partial charge on any atom is -0.339 e. The minimum atomic E-state index is -3.65. The van der Waals surface area contributed by atoms with Crippen LogP contribution in [0.5, 0.6) is 0 Å². The summed E-state index contributed by atoms with van der Waals surface area (Å²) in [5.74, 6) is -0.145. The number of hydrogen-bond acceptors (Lipinski definition) is 6. The van der Waals surface area contributed by atoms with E-state index in [1.54, 1.807) is 16.5 Å². The first kappa shape index (κ1) is 18.1. The predicted octanol–water partition coefficient (Wildman–Crippen LogP) is 1.57. The summed E-state index contributed by atoms with van der Waals surface area (Å²) >= 11 is 1.36. The zero-order valence-electron chi connectivity index (χ0n) is 14.8. The molecule has 27 heavy (non-hydrogen) atoms. The summed E-state index contributed by atoms with van der Waals surface area (Å²) in [4.78, 5) is 22.9. The van der Waals surface area contributed by atoms with E-state index in [4.69, 9.17) is 0 Å². The number of imidazole rings is 1. The Morgan fingerprint density at radius 1 is 1.15 bits per heavy atom. The topological polar surface area (TPSA) is 88.4 Å². The number of fused-ring (bicyclic) bond motifs is 1. The molecule has 1 aliphatic heterocycles. The number of aryl methyl sites for hydroxylation is 1. The van der Waals surface area contributed by atoms with Gasteiger partial charge >= 0.3 is 0 Å². The third kappa shape index (κ3) is 3.47. The number of carbonyl (C=O) groups excluding carboxylic acids is 1. The van der Waals surface area contributed by atoms with E-state index in [0.717, 1.165) is 10.2 Å². The Kier molecular flexibility index (Phi) is 4.70. The van der Waals surface area contributed by atoms with Crippen LogP contribution >= 0.6 is 11.3 Å². The molecule has 1 amide bonds. The minimum absolute atomic E-state index is 0.0379. The lowest BCUT2D eigenvalue weighted by atomic mass is 10.3. The maximum absolute atomic E-state index is 12.8. The van der Waals surface area contributed by atoms with Crippen molar-refractivity contribution in [3.63, 3.8) is 0 Å². The molecule has 142 valence electrons. The molecule has 1 aromatic carbocycles. The van der Waals surface area contributed by atoms with Gasteiger partial charge in [-0.2, -0.15) is 4.31 Å². The van der Waals surface area contributed by atoms with Gasteiger partial charge in [0.05, 0.1) is 16.5 Å². The van der Waals surface area contributed by atoms with E-state index in [1.165, 1.54) is 28.2 Å². The highest BCUT2D eigenvalue weighted by atomic mass is 32.2. The third-order valence-electron chi connectivity index (χ3n) is 4.50. The molecule has 0 spiro atoms. The molecule has 0 atom stereocenters. The first-order valence-electron chi connectivity index (χ1n) is 8.58. The van der Waals surface area contributed by atoms with Crippen molar-refractivity contribution in [2.45, 2.75) is 11.4 Å². The predicted molar refractivity (Wildman–Crippen MR) is 102 cm³/mol. The van der Waals surface area contributed by atoms with Gasteiger partial charge in [-0.05, 0) is 18.6 Å². The molecule has 3 heterocycles. The molecule has 10 heteroatoms. The van der Waals surface area contributed by atoms with Crippen molar-refractivity contribution in [2.24, 2.45) is 7.05 Å². The van der Waals surface area contributed by atoms with Gasteiger partial charge < -0.3 is 9.47 Å². The van der Waals surface area contributed by atoms with E-state index in [1.807, 2.05) is 24.3 Å². The largest absolute Gasteiger partial charge is 0.339 e. The molecule has 0 N–H and O–H groups in total. The van der Waals surface area contributed by atoms with Crippen molar-refractivity contribution in [2.75, 3.05) is 26.2 Å². The Morgan fingerprint density at radius 3 is 2.70 bits per heavy atom. The highest BCUT2D eigenvalue weighted by Gasteiger charge is 2.30. The van der Waals surface area contributed by atoms with E-state index >= 15 is 0 Å². The van der Waals surface area contributed by atoms with E-state index in [2.05, 4.69) is 9.97 Å². The molecular formula is C17H19N5O3S2. The first-order chi connectivity index (χ1) is 12.9. The smallest absolute Gasteiger partial charge is 0.282 e. The molecule has 3 aromatic rings. The van der Waals surface area contributed by atoms with Crippen LogP contribution in [0.15, 0.2) is 41.8 Å². The van der Waals surface area contributed by atoms with Gasteiger partial charge in [0.25, 0.3) is 15.9 Å². The van der Waals surface area contributed by atoms with Crippen LogP contribution < -0.4 is 0 Å². The lowest BCUT2D eigenvalue weighted by Gasteiger charge is -2.20. The van der Waals surface area contributed by atoms with Crippen LogP contribution in [0.25, 0.3) is 10.2 Å².